The summed E-state index contributed by atoms with van der Waals surface area (Å²) in [6.45, 7) is 3.22. The fraction of sp³-hybridized carbons (Fsp3) is 0.391. The molecule has 34 heavy (non-hydrogen) atoms. The number of rotatable bonds is 8. The predicted octanol–water partition coefficient (Wildman–Crippen LogP) is 1.74. The van der Waals surface area contributed by atoms with Crippen molar-refractivity contribution in [2.24, 2.45) is 0 Å². The number of amides is 2. The Bertz CT molecular complexity index is 1070. The van der Waals surface area contributed by atoms with Crippen LogP contribution >= 0.6 is 0 Å². The molecule has 1 atom stereocenters. The van der Waals surface area contributed by atoms with E-state index in [1.165, 1.54) is 39.3 Å². The van der Waals surface area contributed by atoms with E-state index in [0.717, 1.165) is 0 Å². The quantitative estimate of drug-likeness (QED) is 0.438. The number of piperazine rings is 1. The average Bonchev–Trinajstić information content (AvgIpc) is 2.86. The standard InChI is InChI=1S/C23H28N4O7/c1-15(28)25-8-10-26(11-9-25)19-6-4-16(12-20(19)27(31)32)23(30)24-14-21(29)18-13-17(33-2)5-7-22(18)34-3/h4-7,12-13,21,29H,8-11,14H2,1-3H3,(H,24,30). The first kappa shape index (κ1) is 24.8. The van der Waals surface area contributed by atoms with Crippen molar-refractivity contribution in [2.75, 3.05) is 51.8 Å². The number of aliphatic hydroxyl groups excluding tert-OH is 1. The minimum atomic E-state index is -1.08. The lowest BCUT2D eigenvalue weighted by atomic mass is 10.1. The van der Waals surface area contributed by atoms with Crippen LogP contribution < -0.4 is 19.7 Å². The normalized spacial score (nSPS) is 14.4. The van der Waals surface area contributed by atoms with Gasteiger partial charge < -0.3 is 29.7 Å². The first-order valence-electron chi connectivity index (χ1n) is 10.7. The van der Waals surface area contributed by atoms with Crippen molar-refractivity contribution < 1.29 is 29.1 Å². The van der Waals surface area contributed by atoms with Gasteiger partial charge in [-0.1, -0.05) is 0 Å². The number of hydrogen-bond acceptors (Lipinski definition) is 8. The number of carbonyl (C=O) groups excluding carboxylic acids is 2. The summed E-state index contributed by atoms with van der Waals surface area (Å²) in [4.78, 5) is 38.9. The van der Waals surface area contributed by atoms with E-state index in [0.29, 0.717) is 48.9 Å². The molecule has 3 rings (SSSR count). The molecule has 2 aromatic carbocycles. The van der Waals surface area contributed by atoms with Crippen LogP contribution in [0.2, 0.25) is 0 Å². The maximum absolute atomic E-state index is 12.7. The van der Waals surface area contributed by atoms with Crippen LogP contribution in [0.5, 0.6) is 11.5 Å². The number of nitro groups is 1. The summed E-state index contributed by atoms with van der Waals surface area (Å²) in [6, 6.07) is 9.22. The molecular formula is C23H28N4O7. The highest BCUT2D eigenvalue weighted by Crippen LogP contribution is 2.31. The van der Waals surface area contributed by atoms with Gasteiger partial charge in [-0.3, -0.25) is 19.7 Å². The lowest BCUT2D eigenvalue weighted by Crippen LogP contribution is -2.48. The molecule has 2 N–H and O–H groups in total. The maximum Gasteiger partial charge on any atom is 0.293 e. The fourth-order valence-electron chi connectivity index (χ4n) is 3.84. The molecule has 0 saturated carbocycles. The zero-order chi connectivity index (χ0) is 24.8. The van der Waals surface area contributed by atoms with E-state index in [-0.39, 0.29) is 23.7 Å². The van der Waals surface area contributed by atoms with Crippen molar-refractivity contribution in [1.82, 2.24) is 10.2 Å². The third-order valence-electron chi connectivity index (χ3n) is 5.75. The van der Waals surface area contributed by atoms with Crippen LogP contribution in [0.15, 0.2) is 36.4 Å². The SMILES string of the molecule is COc1ccc(OC)c(C(O)CNC(=O)c2ccc(N3CCN(C(C)=O)CC3)c([N+](=O)[O-])c2)c1. The molecule has 1 saturated heterocycles. The van der Waals surface area contributed by atoms with Gasteiger partial charge in [-0.25, -0.2) is 0 Å². The molecule has 0 spiro atoms. The highest BCUT2D eigenvalue weighted by atomic mass is 16.6. The van der Waals surface area contributed by atoms with E-state index in [1.807, 2.05) is 4.90 Å². The predicted molar refractivity (Wildman–Crippen MR) is 124 cm³/mol. The third-order valence-corrected chi connectivity index (χ3v) is 5.75. The summed E-state index contributed by atoms with van der Waals surface area (Å²) >= 11 is 0. The molecule has 2 amide bonds. The number of methoxy groups -OCH3 is 2. The van der Waals surface area contributed by atoms with Gasteiger partial charge in [-0.15, -0.1) is 0 Å². The van der Waals surface area contributed by atoms with E-state index in [9.17, 15) is 24.8 Å². The van der Waals surface area contributed by atoms with Crippen molar-refractivity contribution in [3.05, 3.63) is 57.6 Å². The molecule has 0 bridgehead atoms. The van der Waals surface area contributed by atoms with Gasteiger partial charge in [0.15, 0.2) is 0 Å². The summed E-state index contributed by atoms with van der Waals surface area (Å²) in [5, 5.41) is 24.9. The Morgan fingerprint density at radius 2 is 1.82 bits per heavy atom. The highest BCUT2D eigenvalue weighted by Gasteiger charge is 2.26. The van der Waals surface area contributed by atoms with Crippen LogP contribution in [0.4, 0.5) is 11.4 Å². The van der Waals surface area contributed by atoms with Crippen molar-refractivity contribution in [3.63, 3.8) is 0 Å². The van der Waals surface area contributed by atoms with Gasteiger partial charge in [0.05, 0.1) is 19.1 Å². The van der Waals surface area contributed by atoms with Crippen LogP contribution in [0.3, 0.4) is 0 Å². The van der Waals surface area contributed by atoms with Crippen molar-refractivity contribution >= 4 is 23.2 Å². The largest absolute Gasteiger partial charge is 0.497 e. The first-order valence-corrected chi connectivity index (χ1v) is 10.7. The van der Waals surface area contributed by atoms with Crippen LogP contribution in [0.1, 0.15) is 28.9 Å². The molecule has 2 aromatic rings. The number of nitrogens with zero attached hydrogens (tertiary/aromatic N) is 3. The topological polar surface area (TPSA) is 134 Å². The summed E-state index contributed by atoms with van der Waals surface area (Å²) in [5.74, 6) is 0.371. The van der Waals surface area contributed by atoms with Crippen molar-refractivity contribution in [1.29, 1.82) is 0 Å². The Kier molecular flexibility index (Phi) is 7.90. The summed E-state index contributed by atoms with van der Waals surface area (Å²) in [7, 11) is 2.97. The Balaban J connectivity index is 1.71. The lowest BCUT2D eigenvalue weighted by molar-refractivity contribution is -0.384. The minimum absolute atomic E-state index is 0.0325. The second-order valence-electron chi connectivity index (χ2n) is 7.79. The molecule has 1 aliphatic rings. The zero-order valence-electron chi connectivity index (χ0n) is 19.3. The molecule has 0 aromatic heterocycles. The van der Waals surface area contributed by atoms with Gasteiger partial charge in [-0.2, -0.15) is 0 Å². The number of nitro benzene ring substituents is 1. The third kappa shape index (κ3) is 5.54. The Labute approximate surface area is 197 Å². The Morgan fingerprint density at radius 1 is 1.12 bits per heavy atom. The van der Waals surface area contributed by atoms with Crippen LogP contribution in [-0.2, 0) is 4.79 Å². The zero-order valence-corrected chi connectivity index (χ0v) is 19.3. The van der Waals surface area contributed by atoms with Gasteiger partial charge in [0.25, 0.3) is 11.6 Å². The monoisotopic (exact) mass is 472 g/mol. The van der Waals surface area contributed by atoms with Gasteiger partial charge >= 0.3 is 0 Å². The summed E-state index contributed by atoms with van der Waals surface area (Å²) in [6.07, 6.45) is -1.08. The number of anilines is 1. The molecule has 1 heterocycles. The second-order valence-corrected chi connectivity index (χ2v) is 7.79. The molecule has 0 aliphatic carbocycles. The number of ether oxygens (including phenoxy) is 2. The van der Waals surface area contributed by atoms with E-state index in [1.54, 1.807) is 23.1 Å². The molecule has 0 radical (unpaired) electrons. The number of carbonyl (C=O) groups is 2. The summed E-state index contributed by atoms with van der Waals surface area (Å²) < 4.78 is 10.4. The molecule has 11 heteroatoms. The molecular weight excluding hydrogens is 444 g/mol. The Morgan fingerprint density at radius 3 is 2.41 bits per heavy atom. The van der Waals surface area contributed by atoms with Crippen LogP contribution in [-0.4, -0.2) is 73.7 Å². The molecule has 1 unspecified atom stereocenters. The van der Waals surface area contributed by atoms with E-state index < -0.39 is 16.9 Å². The van der Waals surface area contributed by atoms with Crippen molar-refractivity contribution in [2.45, 2.75) is 13.0 Å². The molecule has 11 nitrogen and oxygen atoms in total. The van der Waals surface area contributed by atoms with E-state index >= 15 is 0 Å². The Hall–Kier alpha value is -3.86. The maximum atomic E-state index is 12.7. The minimum Gasteiger partial charge on any atom is -0.497 e. The average molecular weight is 472 g/mol. The smallest absolute Gasteiger partial charge is 0.293 e. The number of benzene rings is 2. The van der Waals surface area contributed by atoms with Crippen LogP contribution in [0, 0.1) is 10.1 Å². The fourth-order valence-corrected chi connectivity index (χ4v) is 3.84. The molecule has 1 fully saturated rings. The molecule has 182 valence electrons. The van der Waals surface area contributed by atoms with E-state index in [2.05, 4.69) is 5.32 Å². The lowest BCUT2D eigenvalue weighted by Gasteiger charge is -2.35. The number of nitrogens with one attached hydrogen (secondary N) is 1. The van der Waals surface area contributed by atoms with Gasteiger partial charge in [0, 0.05) is 56.8 Å². The number of aliphatic hydroxyl groups is 1. The van der Waals surface area contributed by atoms with Gasteiger partial charge in [0.2, 0.25) is 5.91 Å². The van der Waals surface area contributed by atoms with Gasteiger partial charge in [0.1, 0.15) is 23.3 Å². The highest BCUT2D eigenvalue weighted by molar-refractivity contribution is 5.95. The molecule has 1 aliphatic heterocycles. The second kappa shape index (κ2) is 10.8. The number of hydrogen-bond donors (Lipinski definition) is 2. The van der Waals surface area contributed by atoms with E-state index in [4.69, 9.17) is 9.47 Å². The first-order chi connectivity index (χ1) is 16.2. The van der Waals surface area contributed by atoms with Gasteiger partial charge in [-0.05, 0) is 30.3 Å². The van der Waals surface area contributed by atoms with Crippen LogP contribution in [0.25, 0.3) is 0 Å². The van der Waals surface area contributed by atoms with Crippen molar-refractivity contribution in [3.8, 4) is 11.5 Å². The summed E-state index contributed by atoms with van der Waals surface area (Å²) in [5.41, 5.74) is 0.737.